The number of benzene rings is 1. The molecule has 1 heterocycles. The predicted molar refractivity (Wildman–Crippen MR) is 71.2 cm³/mol. The summed E-state index contributed by atoms with van der Waals surface area (Å²) in [5.74, 6) is -1.15. The summed E-state index contributed by atoms with van der Waals surface area (Å²) >= 11 is 0.937. The van der Waals surface area contributed by atoms with E-state index in [1.165, 1.54) is 24.3 Å². The summed E-state index contributed by atoms with van der Waals surface area (Å²) in [5, 5.41) is 9.31. The third-order valence-electron chi connectivity index (χ3n) is 2.51. The van der Waals surface area contributed by atoms with Gasteiger partial charge in [-0.1, -0.05) is 11.8 Å². The molecule has 2 rings (SSSR count). The minimum absolute atomic E-state index is 0.0101. The third kappa shape index (κ3) is 3.66. The smallest absolute Gasteiger partial charge is 0.417 e. The summed E-state index contributed by atoms with van der Waals surface area (Å²) in [6.07, 6.45) is -3.76. The lowest BCUT2D eigenvalue weighted by atomic mass is 10.2. The molecular weight excluding hydrogens is 305 g/mol. The molecule has 0 aliphatic heterocycles. The highest BCUT2D eigenvalue weighted by molar-refractivity contribution is 7.99. The van der Waals surface area contributed by atoms with Gasteiger partial charge in [0.15, 0.2) is 0 Å². The number of aromatic carboxylic acids is 1. The number of carbonyl (C=O) groups is 1. The fourth-order valence-corrected chi connectivity index (χ4v) is 2.45. The van der Waals surface area contributed by atoms with Gasteiger partial charge >= 0.3 is 12.1 Å². The van der Waals surface area contributed by atoms with Crippen LogP contribution in [0.15, 0.2) is 46.5 Å². The second-order valence-corrected chi connectivity index (χ2v) is 5.11. The molecule has 0 unspecified atom stereocenters. The zero-order valence-electron chi connectivity index (χ0n) is 10.4. The molecule has 0 saturated heterocycles. The highest BCUT2D eigenvalue weighted by atomic mass is 32.2. The van der Waals surface area contributed by atoms with Crippen molar-refractivity contribution in [2.24, 2.45) is 0 Å². The van der Waals surface area contributed by atoms with E-state index in [1.54, 1.807) is 0 Å². The van der Waals surface area contributed by atoms with E-state index in [9.17, 15) is 18.0 Å². The molecule has 1 aromatic carbocycles. The molecule has 3 N–H and O–H groups in total. The maximum Gasteiger partial charge on any atom is 0.417 e. The number of nitrogen functional groups attached to an aromatic ring is 1. The van der Waals surface area contributed by atoms with E-state index in [0.29, 0.717) is 16.8 Å². The number of anilines is 1. The lowest BCUT2D eigenvalue weighted by Gasteiger charge is -2.08. The van der Waals surface area contributed by atoms with Crippen molar-refractivity contribution in [2.45, 2.75) is 16.1 Å². The topological polar surface area (TPSA) is 76.2 Å². The van der Waals surface area contributed by atoms with E-state index in [4.69, 9.17) is 10.8 Å². The number of pyridine rings is 1. The molecule has 0 spiro atoms. The van der Waals surface area contributed by atoms with Crippen LogP contribution >= 0.6 is 11.8 Å². The van der Waals surface area contributed by atoms with Crippen LogP contribution < -0.4 is 5.73 Å². The van der Waals surface area contributed by atoms with Gasteiger partial charge in [-0.2, -0.15) is 13.2 Å². The van der Waals surface area contributed by atoms with Crippen molar-refractivity contribution in [3.05, 3.63) is 47.7 Å². The minimum Gasteiger partial charge on any atom is -0.478 e. The van der Waals surface area contributed by atoms with E-state index >= 15 is 0 Å². The van der Waals surface area contributed by atoms with Crippen LogP contribution in [0.25, 0.3) is 0 Å². The van der Waals surface area contributed by atoms with Crippen molar-refractivity contribution >= 4 is 23.4 Å². The molecule has 1 aromatic heterocycles. The molecule has 0 saturated carbocycles. The normalized spacial score (nSPS) is 11.4. The summed E-state index contributed by atoms with van der Waals surface area (Å²) in [5.41, 5.74) is 5.09. The Labute approximate surface area is 121 Å². The van der Waals surface area contributed by atoms with Crippen LogP contribution in [0.3, 0.4) is 0 Å². The van der Waals surface area contributed by atoms with Gasteiger partial charge in [-0.3, -0.25) is 0 Å². The van der Waals surface area contributed by atoms with Crippen molar-refractivity contribution in [3.63, 3.8) is 0 Å². The van der Waals surface area contributed by atoms with Gasteiger partial charge in [0.25, 0.3) is 0 Å². The second kappa shape index (κ2) is 5.65. The van der Waals surface area contributed by atoms with E-state index in [1.807, 2.05) is 0 Å². The van der Waals surface area contributed by atoms with Gasteiger partial charge < -0.3 is 10.8 Å². The molecule has 4 nitrogen and oxygen atoms in total. The molecule has 0 amide bonds. The lowest BCUT2D eigenvalue weighted by molar-refractivity contribution is -0.137. The van der Waals surface area contributed by atoms with Crippen molar-refractivity contribution in [1.29, 1.82) is 0 Å². The number of nitrogens with two attached hydrogens (primary N) is 1. The zero-order valence-corrected chi connectivity index (χ0v) is 11.2. The van der Waals surface area contributed by atoms with E-state index < -0.39 is 17.7 Å². The van der Waals surface area contributed by atoms with Gasteiger partial charge in [-0.15, -0.1) is 0 Å². The fraction of sp³-hybridized carbons (Fsp3) is 0.0769. The van der Waals surface area contributed by atoms with Crippen molar-refractivity contribution in [3.8, 4) is 0 Å². The number of hydrogen-bond donors (Lipinski definition) is 2. The molecular formula is C13H9F3N2O2S. The van der Waals surface area contributed by atoms with Crippen LogP contribution in [-0.2, 0) is 6.18 Å². The Hall–Kier alpha value is -2.22. The maximum atomic E-state index is 12.4. The summed E-state index contributed by atoms with van der Waals surface area (Å²) in [4.78, 5) is 15.1. The Kier molecular flexibility index (Phi) is 4.08. The van der Waals surface area contributed by atoms with Gasteiger partial charge in [0, 0.05) is 16.8 Å². The van der Waals surface area contributed by atoms with E-state index in [0.717, 1.165) is 17.8 Å². The number of nitrogens with zero attached hydrogens (tertiary/aromatic N) is 1. The summed E-state index contributed by atoms with van der Waals surface area (Å²) < 4.78 is 37.3. The van der Waals surface area contributed by atoms with Crippen molar-refractivity contribution in [1.82, 2.24) is 4.98 Å². The Bertz CT molecular complexity index is 672. The molecule has 0 fully saturated rings. The Morgan fingerprint density at radius 2 is 1.95 bits per heavy atom. The van der Waals surface area contributed by atoms with Gasteiger partial charge in [0.05, 0.1) is 11.1 Å². The summed E-state index contributed by atoms with van der Waals surface area (Å²) in [6, 6.07) is 6.29. The highest BCUT2D eigenvalue weighted by Crippen LogP contribution is 2.33. The number of aromatic nitrogens is 1. The Balaban J connectivity index is 2.30. The standard InChI is InChI=1S/C13H9F3N2O2S/c14-13(15,16)7-1-4-11(18-6-7)21-10-5-8(17)2-3-9(10)12(19)20/h1-6H,17H2,(H,19,20). The molecule has 21 heavy (non-hydrogen) atoms. The van der Waals surface area contributed by atoms with Gasteiger partial charge in [-0.05, 0) is 30.3 Å². The molecule has 0 radical (unpaired) electrons. The number of carboxylic acid groups (broad SMARTS) is 1. The van der Waals surface area contributed by atoms with E-state index in [-0.39, 0.29) is 10.6 Å². The van der Waals surface area contributed by atoms with Gasteiger partial charge in [0.1, 0.15) is 5.03 Å². The number of rotatable bonds is 3. The third-order valence-corrected chi connectivity index (χ3v) is 3.52. The van der Waals surface area contributed by atoms with Crippen molar-refractivity contribution in [2.75, 3.05) is 5.73 Å². The monoisotopic (exact) mass is 314 g/mol. The van der Waals surface area contributed by atoms with Crippen molar-refractivity contribution < 1.29 is 23.1 Å². The van der Waals surface area contributed by atoms with Gasteiger partial charge in [0.2, 0.25) is 0 Å². The minimum atomic E-state index is -4.46. The molecule has 0 aliphatic carbocycles. The average Bonchev–Trinajstić information content (AvgIpc) is 2.38. The maximum absolute atomic E-state index is 12.4. The Morgan fingerprint density at radius 3 is 2.48 bits per heavy atom. The first kappa shape index (κ1) is 15.2. The van der Waals surface area contributed by atoms with E-state index in [2.05, 4.69) is 4.98 Å². The number of hydrogen-bond acceptors (Lipinski definition) is 4. The first-order valence-electron chi connectivity index (χ1n) is 5.61. The average molecular weight is 314 g/mol. The molecule has 8 heteroatoms. The van der Waals surface area contributed by atoms with Crippen LogP contribution in [0.5, 0.6) is 0 Å². The molecule has 0 aliphatic rings. The number of carboxylic acids is 1. The SMILES string of the molecule is Nc1ccc(C(=O)O)c(Sc2ccc(C(F)(F)F)cn2)c1. The van der Waals surface area contributed by atoms with Crippen LogP contribution in [0.2, 0.25) is 0 Å². The molecule has 0 bridgehead atoms. The number of halogens is 3. The fourth-order valence-electron chi connectivity index (χ4n) is 1.52. The van der Waals surface area contributed by atoms with Crippen LogP contribution in [0.1, 0.15) is 15.9 Å². The second-order valence-electron chi connectivity index (χ2n) is 4.05. The first-order valence-corrected chi connectivity index (χ1v) is 6.43. The van der Waals surface area contributed by atoms with Crippen LogP contribution in [0, 0.1) is 0 Å². The number of alkyl halides is 3. The zero-order chi connectivity index (χ0) is 15.6. The first-order chi connectivity index (χ1) is 9.77. The van der Waals surface area contributed by atoms with Crippen LogP contribution in [0.4, 0.5) is 18.9 Å². The van der Waals surface area contributed by atoms with Gasteiger partial charge in [-0.25, -0.2) is 9.78 Å². The molecule has 110 valence electrons. The predicted octanol–water partition coefficient (Wildman–Crippen LogP) is 3.53. The van der Waals surface area contributed by atoms with Crippen LogP contribution in [-0.4, -0.2) is 16.1 Å². The summed E-state index contributed by atoms with van der Waals surface area (Å²) in [6.45, 7) is 0. The lowest BCUT2D eigenvalue weighted by Crippen LogP contribution is -2.05. The highest BCUT2D eigenvalue weighted by Gasteiger charge is 2.30. The largest absolute Gasteiger partial charge is 0.478 e. The molecule has 0 atom stereocenters. The Morgan fingerprint density at radius 1 is 1.24 bits per heavy atom. The molecule has 2 aromatic rings. The summed E-state index contributed by atoms with van der Waals surface area (Å²) in [7, 11) is 0. The quantitative estimate of drug-likeness (QED) is 0.848.